The van der Waals surface area contributed by atoms with Gasteiger partial charge < -0.3 is 19.4 Å². The van der Waals surface area contributed by atoms with E-state index in [1.165, 1.54) is 6.07 Å². The Morgan fingerprint density at radius 3 is 2.25 bits per heavy atom. The number of carbonyl (C=O) groups is 3. The van der Waals surface area contributed by atoms with Gasteiger partial charge in [0.05, 0.1) is 57.4 Å². The van der Waals surface area contributed by atoms with Crippen molar-refractivity contribution in [3.63, 3.8) is 0 Å². The molecule has 3 aliphatic rings. The topological polar surface area (TPSA) is 141 Å². The van der Waals surface area contributed by atoms with Gasteiger partial charge >= 0.3 is 6.18 Å². The molecular formula is C54H54F3N9O4S2. The molecule has 3 aliphatic heterocycles. The van der Waals surface area contributed by atoms with Crippen molar-refractivity contribution in [1.29, 1.82) is 5.26 Å². The van der Waals surface area contributed by atoms with Crippen LogP contribution in [0.4, 0.5) is 30.4 Å². The van der Waals surface area contributed by atoms with Gasteiger partial charge in [-0.3, -0.25) is 24.0 Å². The van der Waals surface area contributed by atoms with E-state index in [4.69, 9.17) is 21.9 Å². The fourth-order valence-corrected chi connectivity index (χ4v) is 11.3. The summed E-state index contributed by atoms with van der Waals surface area (Å²) in [5.41, 5.74) is 4.40. The third-order valence-electron chi connectivity index (χ3n) is 13.9. The molecule has 3 aromatic carbocycles. The summed E-state index contributed by atoms with van der Waals surface area (Å²) in [5.74, 6) is 0.837. The maximum Gasteiger partial charge on any atom is 0.417 e. The van der Waals surface area contributed by atoms with E-state index in [2.05, 4.69) is 39.2 Å². The van der Waals surface area contributed by atoms with Gasteiger partial charge in [0.2, 0.25) is 5.91 Å². The van der Waals surface area contributed by atoms with Gasteiger partial charge in [-0.05, 0) is 117 Å². The molecule has 13 nitrogen and oxygen atoms in total. The van der Waals surface area contributed by atoms with Crippen molar-refractivity contribution in [2.24, 2.45) is 5.92 Å². The maximum absolute atomic E-state index is 14.2. The lowest BCUT2D eigenvalue weighted by atomic mass is 9.99. The molecule has 3 fully saturated rings. The van der Waals surface area contributed by atoms with Crippen molar-refractivity contribution < 1.29 is 32.3 Å². The second kappa shape index (κ2) is 20.3. The van der Waals surface area contributed by atoms with Crippen LogP contribution in [-0.4, -0.2) is 84.7 Å². The Labute approximate surface area is 425 Å². The van der Waals surface area contributed by atoms with Gasteiger partial charge in [-0.1, -0.05) is 50.2 Å². The Morgan fingerprint density at radius 1 is 0.917 bits per heavy atom. The number of alkyl halides is 3. The lowest BCUT2D eigenvalue weighted by molar-refractivity contribution is -0.141. The Kier molecular flexibility index (Phi) is 14.1. The monoisotopic (exact) mass is 1010 g/mol. The number of thiocarbonyl (C=S) groups is 1. The number of Topliss-reactive ketones (excluding diaryl/α,β-unsaturated/α-hetero) is 1. The molecule has 72 heavy (non-hydrogen) atoms. The molecule has 0 spiro atoms. The van der Waals surface area contributed by atoms with E-state index in [9.17, 15) is 32.8 Å². The Bertz CT molecular complexity index is 3030. The van der Waals surface area contributed by atoms with E-state index in [1.807, 2.05) is 62.7 Å². The van der Waals surface area contributed by atoms with Gasteiger partial charge in [-0.2, -0.15) is 23.5 Å². The summed E-state index contributed by atoms with van der Waals surface area (Å²) in [5, 5.41) is 13.9. The SMILES string of the molecule is Cc1ncsc1-c1ccc(CCC(=O)[C@@H]2CCCN2C(=O)[C@H](C(C)C)n2cc(OC3CCN(c4ccc(-c5ccc(N6C(=S)N(c7ccc(C#N)c(C(F)(F)F)c7)C(=O)C6(C)C)cc5)cn4)CC3)cn2)cc1. The summed E-state index contributed by atoms with van der Waals surface area (Å²) in [7, 11) is 0. The first-order valence-corrected chi connectivity index (χ1v) is 25.4. The summed E-state index contributed by atoms with van der Waals surface area (Å²) >= 11 is 7.33. The van der Waals surface area contributed by atoms with Crippen LogP contribution < -0.4 is 19.4 Å². The van der Waals surface area contributed by atoms with Gasteiger partial charge in [0, 0.05) is 56.3 Å². The number of halogens is 3. The normalized spacial score (nSPS) is 17.8. The third kappa shape index (κ3) is 9.96. The number of carbonyl (C=O) groups excluding carboxylic acids is 3. The number of nitriles is 1. The van der Waals surface area contributed by atoms with Crippen molar-refractivity contribution in [3.8, 4) is 33.4 Å². The Hall–Kier alpha value is -6.97. The van der Waals surface area contributed by atoms with E-state index < -0.39 is 40.8 Å². The first-order chi connectivity index (χ1) is 34.4. The fraction of sp³-hybridized carbons (Fsp3) is 0.370. The molecule has 3 saturated heterocycles. The number of piperidine rings is 1. The number of thiazole rings is 1. The number of ketones is 1. The summed E-state index contributed by atoms with van der Waals surface area (Å²) in [6.07, 6.45) is 4.33. The van der Waals surface area contributed by atoms with Crippen molar-refractivity contribution in [3.05, 3.63) is 125 Å². The molecule has 3 aromatic heterocycles. The number of benzene rings is 3. The van der Waals surface area contributed by atoms with Crippen LogP contribution in [0.15, 0.2) is 103 Å². The highest BCUT2D eigenvalue weighted by Crippen LogP contribution is 2.41. The zero-order valence-corrected chi connectivity index (χ0v) is 42.2. The zero-order valence-electron chi connectivity index (χ0n) is 40.6. The second-order valence-electron chi connectivity index (χ2n) is 19.4. The second-order valence-corrected chi connectivity index (χ2v) is 20.6. The Balaban J connectivity index is 0.774. The molecular weight excluding hydrogens is 960 g/mol. The molecule has 0 N–H and O–H groups in total. The average Bonchev–Trinajstić information content (AvgIpc) is 4.18. The average molecular weight is 1010 g/mol. The zero-order chi connectivity index (χ0) is 51.1. The van der Waals surface area contributed by atoms with Crippen LogP contribution in [0.2, 0.25) is 0 Å². The predicted molar refractivity (Wildman–Crippen MR) is 275 cm³/mol. The van der Waals surface area contributed by atoms with Crippen molar-refractivity contribution in [2.75, 3.05) is 34.3 Å². The van der Waals surface area contributed by atoms with E-state index in [0.29, 0.717) is 37.2 Å². The maximum atomic E-state index is 14.2. The quantitative estimate of drug-likeness (QED) is 0.0963. The largest absolute Gasteiger partial charge is 0.487 e. The van der Waals surface area contributed by atoms with Crippen LogP contribution in [0.3, 0.4) is 0 Å². The van der Waals surface area contributed by atoms with E-state index in [1.54, 1.807) is 64.3 Å². The minimum atomic E-state index is -4.80. The number of nitrogens with zero attached hydrogens (tertiary/aromatic N) is 9. The van der Waals surface area contributed by atoms with Gasteiger partial charge in [0.15, 0.2) is 16.6 Å². The smallest absolute Gasteiger partial charge is 0.417 e. The molecule has 0 aliphatic carbocycles. The molecule has 372 valence electrons. The first kappa shape index (κ1) is 50.0. The number of pyridine rings is 1. The van der Waals surface area contributed by atoms with E-state index in [-0.39, 0.29) is 34.5 Å². The standard InChI is InChI=1S/C54H54F3N9O4S2/c1-33(2)48(50(68)63-24-6-7-45(63)46(67)20-10-35-8-11-37(12-9-35)49-34(3)60-32-72-49)64-31-43(30-61-64)70-42-22-25-62(26-23-42)47-21-16-39(29-59-47)36-13-17-40(18-14-36)66-52(71)65(51(69)53(66,4)5)41-19-15-38(28-58)44(27-41)54(55,56)57/h8-9,11-19,21,27,29-33,42,45,48H,6-7,10,20,22-26H2,1-5H3/t45-,48-/m0/s1. The van der Waals surface area contributed by atoms with Crippen molar-refractivity contribution in [1.82, 2.24) is 24.6 Å². The van der Waals surface area contributed by atoms with E-state index in [0.717, 1.165) is 88.0 Å². The number of aromatic nitrogens is 4. The Morgan fingerprint density at radius 2 is 1.61 bits per heavy atom. The van der Waals surface area contributed by atoms with Crippen LogP contribution in [0.1, 0.15) is 88.2 Å². The molecule has 0 saturated carbocycles. The highest BCUT2D eigenvalue weighted by molar-refractivity contribution is 7.81. The molecule has 0 radical (unpaired) electrons. The summed E-state index contributed by atoms with van der Waals surface area (Å²) in [6, 6.07) is 23.3. The molecule has 2 amide bonds. The van der Waals surface area contributed by atoms with Crippen molar-refractivity contribution >= 4 is 63.5 Å². The predicted octanol–water partition coefficient (Wildman–Crippen LogP) is 10.6. The van der Waals surface area contributed by atoms with Crippen molar-refractivity contribution in [2.45, 2.75) is 103 Å². The highest BCUT2D eigenvalue weighted by atomic mass is 32.1. The highest BCUT2D eigenvalue weighted by Gasteiger charge is 2.51. The van der Waals surface area contributed by atoms with Gasteiger partial charge in [-0.15, -0.1) is 11.3 Å². The fourth-order valence-electron chi connectivity index (χ4n) is 10.0. The van der Waals surface area contributed by atoms with Gasteiger partial charge in [0.1, 0.15) is 23.5 Å². The molecule has 9 rings (SSSR count). The molecule has 0 bridgehead atoms. The minimum Gasteiger partial charge on any atom is -0.487 e. The number of aryl methyl sites for hydroxylation is 2. The molecule has 6 aromatic rings. The third-order valence-corrected chi connectivity index (χ3v) is 15.3. The van der Waals surface area contributed by atoms with Crippen LogP contribution in [0.5, 0.6) is 5.75 Å². The summed E-state index contributed by atoms with van der Waals surface area (Å²) in [4.78, 5) is 58.5. The molecule has 18 heteroatoms. The van der Waals surface area contributed by atoms with Crippen LogP contribution >= 0.6 is 23.6 Å². The van der Waals surface area contributed by atoms with Gasteiger partial charge in [-0.25, -0.2) is 9.97 Å². The number of ether oxygens (including phenoxy) is 1. The lowest BCUT2D eigenvalue weighted by Gasteiger charge is -2.32. The lowest BCUT2D eigenvalue weighted by Crippen LogP contribution is -2.45. The molecule has 2 atom stereocenters. The van der Waals surface area contributed by atoms with Gasteiger partial charge in [0.25, 0.3) is 5.91 Å². The molecule has 0 unspecified atom stereocenters. The first-order valence-electron chi connectivity index (χ1n) is 24.1. The van der Waals surface area contributed by atoms with Crippen LogP contribution in [-0.2, 0) is 27.0 Å². The summed E-state index contributed by atoms with van der Waals surface area (Å²) < 4.78 is 49.6. The molecule has 6 heterocycles. The van der Waals surface area contributed by atoms with E-state index >= 15 is 0 Å². The number of likely N-dealkylation sites (tertiary alicyclic amines) is 1. The number of rotatable bonds is 14. The van der Waals surface area contributed by atoms with Crippen LogP contribution in [0.25, 0.3) is 21.6 Å². The number of amides is 2. The number of anilines is 3. The number of hydrogen-bond donors (Lipinski definition) is 0. The minimum absolute atomic E-state index is 0.0202. The van der Waals surface area contributed by atoms with Crippen LogP contribution in [0, 0.1) is 24.2 Å². The number of hydrogen-bond acceptors (Lipinski definition) is 11. The summed E-state index contributed by atoms with van der Waals surface area (Å²) in [6.45, 7) is 11.3.